The first-order valence-corrected chi connectivity index (χ1v) is 6.59. The number of fused-ring (bicyclic) bond motifs is 1. The van der Waals surface area contributed by atoms with Gasteiger partial charge in [-0.05, 0) is 24.6 Å². The molecule has 114 valence electrons. The fraction of sp³-hybridized carbons (Fsp3) is 0.214. The summed E-state index contributed by atoms with van der Waals surface area (Å²) >= 11 is 0. The van der Waals surface area contributed by atoms with Crippen LogP contribution in [0.25, 0.3) is 5.78 Å². The fourth-order valence-electron chi connectivity index (χ4n) is 2.10. The van der Waals surface area contributed by atoms with Gasteiger partial charge in [0.15, 0.2) is 11.6 Å². The lowest BCUT2D eigenvalue weighted by molar-refractivity contribution is 0.190. The first-order chi connectivity index (χ1) is 10.5. The minimum Gasteiger partial charge on any atom is -0.387 e. The number of rotatable bonds is 4. The molecule has 2 heterocycles. The Balaban J connectivity index is 1.78. The standard InChI is InChI=1S/C14H13F2N5O/c1-8-4-13(21-14(20-8)18-7-19-21)17-6-12(22)9-2-3-10(15)11(16)5-9/h2-5,7,12,17,22H,6H2,1H3. The molecule has 0 aliphatic carbocycles. The number of aromatic nitrogens is 4. The Labute approximate surface area is 124 Å². The molecule has 0 saturated heterocycles. The predicted octanol–water partition coefficient (Wildman–Crippen LogP) is 1.86. The Hall–Kier alpha value is -2.61. The van der Waals surface area contributed by atoms with Crippen LogP contribution < -0.4 is 5.32 Å². The van der Waals surface area contributed by atoms with Crippen LogP contribution in [-0.4, -0.2) is 31.2 Å². The van der Waals surface area contributed by atoms with Crippen molar-refractivity contribution in [2.75, 3.05) is 11.9 Å². The van der Waals surface area contributed by atoms with Crippen LogP contribution in [0.3, 0.4) is 0 Å². The third kappa shape index (κ3) is 2.73. The molecule has 0 amide bonds. The Morgan fingerprint density at radius 2 is 2.09 bits per heavy atom. The lowest BCUT2D eigenvalue weighted by Crippen LogP contribution is -2.15. The zero-order valence-electron chi connectivity index (χ0n) is 11.7. The summed E-state index contributed by atoms with van der Waals surface area (Å²) in [7, 11) is 0. The average Bonchev–Trinajstić information content (AvgIpc) is 2.95. The van der Waals surface area contributed by atoms with Gasteiger partial charge in [-0.25, -0.2) is 13.8 Å². The topological polar surface area (TPSA) is 75.3 Å². The maximum atomic E-state index is 13.2. The number of hydrogen-bond donors (Lipinski definition) is 2. The highest BCUT2D eigenvalue weighted by molar-refractivity contribution is 5.44. The number of nitrogens with one attached hydrogen (secondary N) is 1. The monoisotopic (exact) mass is 305 g/mol. The molecule has 8 heteroatoms. The van der Waals surface area contributed by atoms with Gasteiger partial charge in [0.1, 0.15) is 12.1 Å². The molecule has 3 aromatic rings. The molecular formula is C14H13F2N5O. The molecule has 0 radical (unpaired) electrons. The summed E-state index contributed by atoms with van der Waals surface area (Å²) in [6, 6.07) is 5.05. The molecule has 1 atom stereocenters. The molecule has 6 nitrogen and oxygen atoms in total. The minimum atomic E-state index is -0.998. The number of nitrogens with zero attached hydrogens (tertiary/aromatic N) is 4. The SMILES string of the molecule is Cc1cc(NCC(O)c2ccc(F)c(F)c2)n2ncnc2n1. The number of aliphatic hydroxyl groups excluding tert-OH is 1. The van der Waals surface area contributed by atoms with Crippen LogP contribution in [0.2, 0.25) is 0 Å². The first-order valence-electron chi connectivity index (χ1n) is 6.59. The molecule has 1 aromatic carbocycles. The summed E-state index contributed by atoms with van der Waals surface area (Å²) in [4.78, 5) is 8.19. The van der Waals surface area contributed by atoms with Gasteiger partial charge in [-0.3, -0.25) is 0 Å². The van der Waals surface area contributed by atoms with Crippen molar-refractivity contribution in [3.63, 3.8) is 0 Å². The Morgan fingerprint density at radius 1 is 1.27 bits per heavy atom. The highest BCUT2D eigenvalue weighted by Crippen LogP contribution is 2.18. The highest BCUT2D eigenvalue weighted by atomic mass is 19.2. The molecule has 0 aliphatic rings. The van der Waals surface area contributed by atoms with Gasteiger partial charge < -0.3 is 10.4 Å². The van der Waals surface area contributed by atoms with E-state index in [9.17, 15) is 13.9 Å². The van der Waals surface area contributed by atoms with Gasteiger partial charge in [-0.1, -0.05) is 6.07 Å². The Kier molecular flexibility index (Phi) is 3.68. The van der Waals surface area contributed by atoms with Crippen molar-refractivity contribution in [1.29, 1.82) is 0 Å². The van der Waals surface area contributed by atoms with E-state index in [1.807, 2.05) is 6.92 Å². The number of aliphatic hydroxyl groups is 1. The Morgan fingerprint density at radius 3 is 2.86 bits per heavy atom. The highest BCUT2D eigenvalue weighted by Gasteiger charge is 2.12. The van der Waals surface area contributed by atoms with Gasteiger partial charge in [-0.15, -0.1) is 0 Å². The number of aryl methyl sites for hydroxylation is 1. The largest absolute Gasteiger partial charge is 0.387 e. The quantitative estimate of drug-likeness (QED) is 0.769. The lowest BCUT2D eigenvalue weighted by atomic mass is 10.1. The van der Waals surface area contributed by atoms with Crippen LogP contribution in [-0.2, 0) is 0 Å². The van der Waals surface area contributed by atoms with Gasteiger partial charge in [0.05, 0.1) is 6.10 Å². The van der Waals surface area contributed by atoms with Gasteiger partial charge in [-0.2, -0.15) is 14.6 Å². The van der Waals surface area contributed by atoms with E-state index in [0.717, 1.165) is 17.8 Å². The van der Waals surface area contributed by atoms with Crippen LogP contribution in [0.4, 0.5) is 14.6 Å². The van der Waals surface area contributed by atoms with Gasteiger partial charge in [0, 0.05) is 18.3 Å². The normalized spacial score (nSPS) is 12.5. The smallest absolute Gasteiger partial charge is 0.254 e. The van der Waals surface area contributed by atoms with E-state index in [4.69, 9.17) is 0 Å². The van der Waals surface area contributed by atoms with E-state index in [2.05, 4.69) is 20.4 Å². The van der Waals surface area contributed by atoms with E-state index < -0.39 is 17.7 Å². The minimum absolute atomic E-state index is 0.101. The van der Waals surface area contributed by atoms with E-state index in [-0.39, 0.29) is 12.1 Å². The Bertz CT molecular complexity index is 820. The van der Waals surface area contributed by atoms with Crippen LogP contribution in [0, 0.1) is 18.6 Å². The van der Waals surface area contributed by atoms with Crippen molar-refractivity contribution in [1.82, 2.24) is 19.6 Å². The molecule has 3 rings (SSSR count). The number of anilines is 1. The zero-order valence-corrected chi connectivity index (χ0v) is 11.7. The number of benzene rings is 1. The molecule has 2 N–H and O–H groups in total. The van der Waals surface area contributed by atoms with E-state index in [1.165, 1.54) is 16.9 Å². The summed E-state index contributed by atoms with van der Waals surface area (Å²) in [5.41, 5.74) is 1.03. The van der Waals surface area contributed by atoms with Crippen molar-refractivity contribution in [3.05, 3.63) is 53.5 Å². The van der Waals surface area contributed by atoms with Gasteiger partial charge >= 0.3 is 0 Å². The molecular weight excluding hydrogens is 292 g/mol. The maximum absolute atomic E-state index is 13.2. The van der Waals surface area contributed by atoms with Crippen molar-refractivity contribution in [3.8, 4) is 0 Å². The molecule has 0 aliphatic heterocycles. The van der Waals surface area contributed by atoms with Crippen molar-refractivity contribution in [2.24, 2.45) is 0 Å². The fourth-order valence-corrected chi connectivity index (χ4v) is 2.10. The van der Waals surface area contributed by atoms with Crippen LogP contribution >= 0.6 is 0 Å². The zero-order chi connectivity index (χ0) is 15.7. The van der Waals surface area contributed by atoms with E-state index >= 15 is 0 Å². The van der Waals surface area contributed by atoms with Gasteiger partial charge in [0.25, 0.3) is 5.78 Å². The van der Waals surface area contributed by atoms with Gasteiger partial charge in [0.2, 0.25) is 0 Å². The molecule has 2 aromatic heterocycles. The van der Waals surface area contributed by atoms with Crippen LogP contribution in [0.5, 0.6) is 0 Å². The summed E-state index contributed by atoms with van der Waals surface area (Å²) in [5.74, 6) is -0.903. The van der Waals surface area contributed by atoms with Crippen molar-refractivity contribution >= 4 is 11.6 Å². The first kappa shape index (κ1) is 14.3. The third-order valence-electron chi connectivity index (χ3n) is 3.18. The van der Waals surface area contributed by atoms with Crippen molar-refractivity contribution < 1.29 is 13.9 Å². The van der Waals surface area contributed by atoms with E-state index in [1.54, 1.807) is 6.07 Å². The number of halogens is 2. The van der Waals surface area contributed by atoms with Crippen LogP contribution in [0.15, 0.2) is 30.6 Å². The lowest BCUT2D eigenvalue weighted by Gasteiger charge is -2.14. The summed E-state index contributed by atoms with van der Waals surface area (Å²) in [6.07, 6.45) is 0.376. The predicted molar refractivity (Wildman–Crippen MR) is 75.3 cm³/mol. The molecule has 0 saturated carbocycles. The maximum Gasteiger partial charge on any atom is 0.254 e. The summed E-state index contributed by atoms with van der Waals surface area (Å²) in [6.45, 7) is 1.91. The molecule has 0 fully saturated rings. The molecule has 22 heavy (non-hydrogen) atoms. The second-order valence-electron chi connectivity index (χ2n) is 4.82. The summed E-state index contributed by atoms with van der Waals surface area (Å²) in [5, 5.41) is 17.1. The molecule has 1 unspecified atom stereocenters. The second kappa shape index (κ2) is 5.64. The average molecular weight is 305 g/mol. The summed E-state index contributed by atoms with van der Waals surface area (Å²) < 4.78 is 27.6. The second-order valence-corrected chi connectivity index (χ2v) is 4.82. The van der Waals surface area contributed by atoms with Crippen LogP contribution in [0.1, 0.15) is 17.4 Å². The van der Waals surface area contributed by atoms with Crippen molar-refractivity contribution in [2.45, 2.75) is 13.0 Å². The third-order valence-corrected chi connectivity index (χ3v) is 3.18. The molecule has 0 spiro atoms. The van der Waals surface area contributed by atoms with E-state index in [0.29, 0.717) is 11.6 Å². The molecule has 0 bridgehead atoms. The number of hydrogen-bond acceptors (Lipinski definition) is 5.